The van der Waals surface area contributed by atoms with Crippen molar-refractivity contribution in [3.8, 4) is 5.69 Å². The molecular formula is C22H27N7O3S. The van der Waals surface area contributed by atoms with Gasteiger partial charge in [0, 0.05) is 24.5 Å². The standard InChI is InChI=1S/C22H27N7O3S/c1-16-6-8-18(29-15-24-26-27-29)12-20(16)23-14-22(30)25-21-13-19(9-7-17(21)2)33(31,32)28-10-4-3-5-11-28/h6-9,12-13,15,23H,3-5,10-11,14H2,1-2H3,(H,25,30). The van der Waals surface area contributed by atoms with Crippen molar-refractivity contribution < 1.29 is 13.2 Å². The highest BCUT2D eigenvalue weighted by atomic mass is 32.2. The van der Waals surface area contributed by atoms with Crippen LogP contribution in [0.15, 0.2) is 47.6 Å². The Kier molecular flexibility index (Phi) is 6.70. The molecule has 0 bridgehead atoms. The molecular weight excluding hydrogens is 442 g/mol. The number of anilines is 2. The minimum Gasteiger partial charge on any atom is -0.376 e. The predicted molar refractivity (Wildman–Crippen MR) is 125 cm³/mol. The van der Waals surface area contributed by atoms with Crippen LogP contribution in [0.25, 0.3) is 5.69 Å². The molecule has 4 rings (SSSR count). The summed E-state index contributed by atoms with van der Waals surface area (Å²) in [7, 11) is -3.58. The number of nitrogens with zero attached hydrogens (tertiary/aromatic N) is 5. The van der Waals surface area contributed by atoms with Crippen LogP contribution < -0.4 is 10.6 Å². The number of nitrogens with one attached hydrogen (secondary N) is 2. The molecule has 1 saturated heterocycles. The number of hydrogen-bond acceptors (Lipinski definition) is 7. The number of benzene rings is 2. The van der Waals surface area contributed by atoms with Gasteiger partial charge in [-0.2, -0.15) is 4.31 Å². The van der Waals surface area contributed by atoms with Crippen LogP contribution in [-0.4, -0.2) is 58.5 Å². The largest absolute Gasteiger partial charge is 0.376 e. The van der Waals surface area contributed by atoms with Gasteiger partial charge < -0.3 is 10.6 Å². The number of tetrazole rings is 1. The van der Waals surface area contributed by atoms with Gasteiger partial charge in [0.1, 0.15) is 6.33 Å². The van der Waals surface area contributed by atoms with Crippen LogP contribution in [0.1, 0.15) is 30.4 Å². The van der Waals surface area contributed by atoms with Gasteiger partial charge >= 0.3 is 0 Å². The molecule has 11 heteroatoms. The average molecular weight is 470 g/mol. The van der Waals surface area contributed by atoms with E-state index in [0.29, 0.717) is 18.8 Å². The summed E-state index contributed by atoms with van der Waals surface area (Å²) >= 11 is 0. The highest BCUT2D eigenvalue weighted by Gasteiger charge is 2.26. The summed E-state index contributed by atoms with van der Waals surface area (Å²) < 4.78 is 29.1. The molecule has 0 atom stereocenters. The predicted octanol–water partition coefficient (Wildman–Crippen LogP) is 2.50. The summed E-state index contributed by atoms with van der Waals surface area (Å²) in [6, 6.07) is 10.5. The quantitative estimate of drug-likeness (QED) is 0.545. The van der Waals surface area contributed by atoms with Crippen molar-refractivity contribution in [3.63, 3.8) is 0 Å². The Bertz CT molecular complexity index is 1240. The molecule has 1 fully saturated rings. The fourth-order valence-electron chi connectivity index (χ4n) is 3.74. The first-order valence-electron chi connectivity index (χ1n) is 10.8. The maximum Gasteiger partial charge on any atom is 0.243 e. The number of carbonyl (C=O) groups excluding carboxylic acids is 1. The van der Waals surface area contributed by atoms with E-state index in [2.05, 4.69) is 26.2 Å². The number of aromatic nitrogens is 4. The van der Waals surface area contributed by atoms with Gasteiger partial charge in [-0.3, -0.25) is 4.79 Å². The summed E-state index contributed by atoms with van der Waals surface area (Å²) in [5.74, 6) is -0.280. The fraction of sp³-hybridized carbons (Fsp3) is 0.364. The van der Waals surface area contributed by atoms with Crippen LogP contribution in [-0.2, 0) is 14.8 Å². The van der Waals surface area contributed by atoms with Gasteiger partial charge in [0.25, 0.3) is 0 Å². The van der Waals surface area contributed by atoms with Crippen molar-refractivity contribution in [1.82, 2.24) is 24.5 Å². The highest BCUT2D eigenvalue weighted by Crippen LogP contribution is 2.25. The van der Waals surface area contributed by atoms with Gasteiger partial charge in [-0.25, -0.2) is 13.1 Å². The zero-order valence-corrected chi connectivity index (χ0v) is 19.5. The normalized spacial score (nSPS) is 14.7. The maximum atomic E-state index is 13.0. The van der Waals surface area contributed by atoms with E-state index in [-0.39, 0.29) is 17.3 Å². The second-order valence-corrected chi connectivity index (χ2v) is 10.0. The molecule has 0 saturated carbocycles. The molecule has 2 heterocycles. The summed E-state index contributed by atoms with van der Waals surface area (Å²) in [6.07, 6.45) is 4.28. The van der Waals surface area contributed by atoms with Gasteiger partial charge in [-0.15, -0.1) is 5.10 Å². The van der Waals surface area contributed by atoms with E-state index in [1.165, 1.54) is 15.3 Å². The second kappa shape index (κ2) is 9.67. The Balaban J connectivity index is 1.45. The summed E-state index contributed by atoms with van der Waals surface area (Å²) in [5.41, 5.74) is 3.78. The zero-order valence-electron chi connectivity index (χ0n) is 18.7. The van der Waals surface area contributed by atoms with Crippen molar-refractivity contribution in [2.45, 2.75) is 38.0 Å². The molecule has 1 aliphatic heterocycles. The zero-order chi connectivity index (χ0) is 23.4. The maximum absolute atomic E-state index is 13.0. The van der Waals surface area contributed by atoms with Gasteiger partial charge in [-0.05, 0) is 72.5 Å². The van der Waals surface area contributed by atoms with Crippen LogP contribution in [0.4, 0.5) is 11.4 Å². The molecule has 2 aromatic carbocycles. The van der Waals surface area contributed by atoms with Crippen molar-refractivity contribution >= 4 is 27.3 Å². The lowest BCUT2D eigenvalue weighted by Crippen LogP contribution is -2.35. The van der Waals surface area contributed by atoms with Crippen molar-refractivity contribution in [2.24, 2.45) is 0 Å². The Morgan fingerprint density at radius 1 is 1.00 bits per heavy atom. The van der Waals surface area contributed by atoms with Crippen LogP contribution >= 0.6 is 0 Å². The Labute approximate surface area is 193 Å². The smallest absolute Gasteiger partial charge is 0.243 e. The lowest BCUT2D eigenvalue weighted by molar-refractivity contribution is -0.114. The molecule has 10 nitrogen and oxygen atoms in total. The Hall–Kier alpha value is -3.31. The monoisotopic (exact) mass is 469 g/mol. The first kappa shape index (κ1) is 22.9. The summed E-state index contributed by atoms with van der Waals surface area (Å²) in [4.78, 5) is 12.9. The molecule has 2 N–H and O–H groups in total. The highest BCUT2D eigenvalue weighted by molar-refractivity contribution is 7.89. The second-order valence-electron chi connectivity index (χ2n) is 8.10. The molecule has 0 spiro atoms. The van der Waals surface area contributed by atoms with Gasteiger partial charge in [0.05, 0.1) is 17.1 Å². The van der Waals surface area contributed by atoms with Gasteiger partial charge in [0.15, 0.2) is 0 Å². The van der Waals surface area contributed by atoms with E-state index < -0.39 is 10.0 Å². The lowest BCUT2D eigenvalue weighted by Gasteiger charge is -2.26. The third-order valence-corrected chi connectivity index (χ3v) is 7.60. The molecule has 0 aliphatic carbocycles. The van der Waals surface area contributed by atoms with Gasteiger partial charge in [-0.1, -0.05) is 18.6 Å². The Morgan fingerprint density at radius 2 is 1.73 bits per heavy atom. The first-order valence-corrected chi connectivity index (χ1v) is 12.3. The Morgan fingerprint density at radius 3 is 2.45 bits per heavy atom. The fourth-order valence-corrected chi connectivity index (χ4v) is 5.29. The van der Waals surface area contributed by atoms with E-state index in [0.717, 1.165) is 41.8 Å². The molecule has 33 heavy (non-hydrogen) atoms. The van der Waals surface area contributed by atoms with Crippen LogP contribution in [0, 0.1) is 13.8 Å². The summed E-state index contributed by atoms with van der Waals surface area (Å²) in [6.45, 7) is 4.85. The van der Waals surface area contributed by atoms with Crippen molar-refractivity contribution in [3.05, 3.63) is 53.9 Å². The van der Waals surface area contributed by atoms with Crippen LogP contribution in [0.2, 0.25) is 0 Å². The van der Waals surface area contributed by atoms with E-state index in [1.54, 1.807) is 18.2 Å². The molecule has 0 unspecified atom stereocenters. The van der Waals surface area contributed by atoms with E-state index in [4.69, 9.17) is 0 Å². The number of amides is 1. The molecule has 1 aromatic heterocycles. The van der Waals surface area contributed by atoms with Crippen LogP contribution in [0.5, 0.6) is 0 Å². The molecule has 3 aromatic rings. The average Bonchev–Trinajstić information content (AvgIpc) is 3.35. The van der Waals surface area contributed by atoms with E-state index >= 15 is 0 Å². The number of sulfonamides is 1. The molecule has 174 valence electrons. The lowest BCUT2D eigenvalue weighted by atomic mass is 10.1. The third kappa shape index (κ3) is 5.20. The topological polar surface area (TPSA) is 122 Å². The first-order chi connectivity index (χ1) is 15.8. The molecule has 1 aliphatic rings. The minimum absolute atomic E-state index is 0.0163. The van der Waals surface area contributed by atoms with E-state index in [9.17, 15) is 13.2 Å². The van der Waals surface area contributed by atoms with Crippen LogP contribution in [0.3, 0.4) is 0 Å². The minimum atomic E-state index is -3.58. The number of carbonyl (C=O) groups is 1. The third-order valence-electron chi connectivity index (χ3n) is 5.71. The SMILES string of the molecule is Cc1ccc(-n2cnnn2)cc1NCC(=O)Nc1cc(S(=O)(=O)N2CCCCC2)ccc1C. The van der Waals surface area contributed by atoms with E-state index in [1.807, 2.05) is 32.0 Å². The number of rotatable bonds is 7. The van der Waals surface area contributed by atoms with Gasteiger partial charge in [0.2, 0.25) is 15.9 Å². The van der Waals surface area contributed by atoms with Crippen molar-refractivity contribution in [2.75, 3.05) is 30.3 Å². The molecule has 1 amide bonds. The molecule has 0 radical (unpaired) electrons. The number of piperidine rings is 1. The van der Waals surface area contributed by atoms with Crippen molar-refractivity contribution in [1.29, 1.82) is 0 Å². The summed E-state index contributed by atoms with van der Waals surface area (Å²) in [5, 5.41) is 17.1. The number of hydrogen-bond donors (Lipinski definition) is 2. The number of aryl methyl sites for hydroxylation is 2.